The molecule has 8 nitrogen and oxygen atoms in total. The largest absolute Gasteiger partial charge is 0.352 e. The van der Waals surface area contributed by atoms with Crippen molar-refractivity contribution in [1.29, 1.82) is 0 Å². The van der Waals surface area contributed by atoms with E-state index in [4.69, 9.17) is 4.98 Å². The lowest BCUT2D eigenvalue weighted by Gasteiger charge is -2.16. The van der Waals surface area contributed by atoms with E-state index in [1.807, 2.05) is 59.3 Å². The van der Waals surface area contributed by atoms with Crippen LogP contribution in [0.5, 0.6) is 0 Å². The van der Waals surface area contributed by atoms with Gasteiger partial charge in [-0.3, -0.25) is 19.1 Å². The summed E-state index contributed by atoms with van der Waals surface area (Å²) in [4.78, 5) is 43.6. The second-order valence-electron chi connectivity index (χ2n) is 8.87. The third-order valence-corrected chi connectivity index (χ3v) is 7.61. The first-order valence-electron chi connectivity index (χ1n) is 11.5. The van der Waals surface area contributed by atoms with E-state index in [-0.39, 0.29) is 23.1 Å². The lowest BCUT2D eigenvalue weighted by molar-refractivity contribution is -0.119. The predicted octanol–water partition coefficient (Wildman–Crippen LogP) is 3.20. The van der Waals surface area contributed by atoms with E-state index in [1.165, 1.54) is 17.4 Å². The van der Waals surface area contributed by atoms with Gasteiger partial charge in [0.25, 0.3) is 11.1 Å². The molecule has 3 aromatic heterocycles. The Bertz CT molecular complexity index is 1680. The maximum absolute atomic E-state index is 13.9. The Hall–Kier alpha value is -3.98. The minimum atomic E-state index is -0.211. The number of aryl methyl sites for hydroxylation is 1. The van der Waals surface area contributed by atoms with Crippen LogP contribution in [0.25, 0.3) is 26.3 Å². The molecule has 1 atom stereocenters. The van der Waals surface area contributed by atoms with Crippen LogP contribution in [0.2, 0.25) is 0 Å². The second-order valence-corrected chi connectivity index (χ2v) is 9.88. The number of nitrogens with zero attached hydrogens (tertiary/aromatic N) is 4. The van der Waals surface area contributed by atoms with Gasteiger partial charge in [-0.25, -0.2) is 4.98 Å². The number of hydrogen-bond acceptors (Lipinski definition) is 5. The van der Waals surface area contributed by atoms with Crippen molar-refractivity contribution < 1.29 is 4.79 Å². The molecule has 0 aliphatic carbocycles. The van der Waals surface area contributed by atoms with E-state index >= 15 is 0 Å². The Balaban J connectivity index is 1.58. The van der Waals surface area contributed by atoms with Gasteiger partial charge in [-0.05, 0) is 31.0 Å². The summed E-state index contributed by atoms with van der Waals surface area (Å²) in [6.07, 6.45) is 1.13. The van der Waals surface area contributed by atoms with Gasteiger partial charge < -0.3 is 9.88 Å². The molecule has 4 heterocycles. The number of carbonyl (C=O) groups excluding carboxylic acids is 1. The van der Waals surface area contributed by atoms with Crippen LogP contribution in [0.15, 0.2) is 70.3 Å². The minimum absolute atomic E-state index is 0.00557. The van der Waals surface area contributed by atoms with Crippen molar-refractivity contribution in [2.24, 2.45) is 0 Å². The molecule has 1 unspecified atom stereocenters. The molecule has 1 amide bonds. The number of pyridine rings is 1. The van der Waals surface area contributed by atoms with Crippen LogP contribution in [0.3, 0.4) is 0 Å². The normalized spacial score (nSPS) is 15.8. The molecule has 5 aromatic rings. The van der Waals surface area contributed by atoms with E-state index in [9.17, 15) is 14.4 Å². The van der Waals surface area contributed by atoms with Crippen LogP contribution >= 0.6 is 11.3 Å². The first-order valence-corrected chi connectivity index (χ1v) is 12.4. The van der Waals surface area contributed by atoms with Crippen molar-refractivity contribution in [3.8, 4) is 5.13 Å². The lowest BCUT2D eigenvalue weighted by atomic mass is 10.2. The van der Waals surface area contributed by atoms with Crippen molar-refractivity contribution in [2.75, 3.05) is 0 Å². The van der Waals surface area contributed by atoms with Crippen LogP contribution < -0.4 is 16.4 Å². The van der Waals surface area contributed by atoms with Crippen LogP contribution in [-0.2, 0) is 17.9 Å². The van der Waals surface area contributed by atoms with Gasteiger partial charge in [0.1, 0.15) is 0 Å². The summed E-state index contributed by atoms with van der Waals surface area (Å²) in [5.41, 5.74) is 2.60. The summed E-state index contributed by atoms with van der Waals surface area (Å²) in [5, 5.41) is 3.96. The summed E-state index contributed by atoms with van der Waals surface area (Å²) in [7, 11) is 0. The zero-order valence-corrected chi connectivity index (χ0v) is 19.9. The molecular weight excluding hydrogens is 462 g/mol. The first-order chi connectivity index (χ1) is 17.0. The van der Waals surface area contributed by atoms with Gasteiger partial charge in [0.2, 0.25) is 11.0 Å². The number of carbonyl (C=O) groups is 1. The summed E-state index contributed by atoms with van der Waals surface area (Å²) in [6, 6.07) is 19.0. The number of hydrogen-bond donors (Lipinski definition) is 1. The van der Waals surface area contributed by atoms with Crippen LogP contribution in [0.1, 0.15) is 24.1 Å². The molecule has 0 spiro atoms. The fourth-order valence-electron chi connectivity index (χ4n) is 4.86. The number of para-hydroxylation sites is 1. The number of nitrogens with one attached hydrogen (secondary N) is 1. The Labute approximate surface area is 204 Å². The Morgan fingerprint density at radius 2 is 1.83 bits per heavy atom. The van der Waals surface area contributed by atoms with Crippen molar-refractivity contribution in [3.63, 3.8) is 0 Å². The zero-order chi connectivity index (χ0) is 24.1. The SMILES string of the molecule is Cc1c2c(=O)n(-c3nc4ccccc4s3)n(Cc3ccccc3)c2cc(=O)n1CC1CCC(=O)N1. The Morgan fingerprint density at radius 3 is 2.57 bits per heavy atom. The summed E-state index contributed by atoms with van der Waals surface area (Å²) in [5.74, 6) is -0.00557. The van der Waals surface area contributed by atoms with E-state index < -0.39 is 0 Å². The molecule has 0 bridgehead atoms. The maximum atomic E-state index is 13.9. The third-order valence-electron chi connectivity index (χ3n) is 6.60. The average molecular weight is 486 g/mol. The molecule has 9 heteroatoms. The predicted molar refractivity (Wildman–Crippen MR) is 136 cm³/mol. The molecule has 0 saturated carbocycles. The summed E-state index contributed by atoms with van der Waals surface area (Å²) < 4.78 is 6.03. The second kappa shape index (κ2) is 8.35. The van der Waals surface area contributed by atoms with Crippen molar-refractivity contribution in [2.45, 2.75) is 38.9 Å². The first kappa shape index (κ1) is 21.5. The van der Waals surface area contributed by atoms with Gasteiger partial charge in [-0.15, -0.1) is 0 Å². The van der Waals surface area contributed by atoms with Gasteiger partial charge in [-0.2, -0.15) is 4.68 Å². The molecule has 35 heavy (non-hydrogen) atoms. The maximum Gasteiger partial charge on any atom is 0.283 e. The van der Waals surface area contributed by atoms with Crippen molar-refractivity contribution in [1.82, 2.24) is 24.2 Å². The van der Waals surface area contributed by atoms with Crippen molar-refractivity contribution in [3.05, 3.63) is 92.6 Å². The highest BCUT2D eigenvalue weighted by atomic mass is 32.1. The van der Waals surface area contributed by atoms with E-state index in [1.54, 1.807) is 16.2 Å². The number of rotatable bonds is 5. The van der Waals surface area contributed by atoms with Crippen molar-refractivity contribution >= 4 is 38.4 Å². The number of aromatic nitrogens is 4. The highest BCUT2D eigenvalue weighted by molar-refractivity contribution is 7.20. The van der Waals surface area contributed by atoms with Crippen LogP contribution in [0, 0.1) is 6.92 Å². The van der Waals surface area contributed by atoms with Crippen LogP contribution in [-0.4, -0.2) is 30.9 Å². The van der Waals surface area contributed by atoms with Gasteiger partial charge in [0, 0.05) is 30.8 Å². The van der Waals surface area contributed by atoms with Gasteiger partial charge in [0.15, 0.2) is 0 Å². The van der Waals surface area contributed by atoms with E-state index in [2.05, 4.69) is 5.32 Å². The third kappa shape index (κ3) is 3.68. The molecule has 1 fully saturated rings. The minimum Gasteiger partial charge on any atom is -0.352 e. The summed E-state index contributed by atoms with van der Waals surface area (Å²) >= 11 is 1.44. The zero-order valence-electron chi connectivity index (χ0n) is 19.1. The number of thiazole rings is 1. The molecule has 176 valence electrons. The van der Waals surface area contributed by atoms with E-state index in [0.717, 1.165) is 15.8 Å². The number of amides is 1. The highest BCUT2D eigenvalue weighted by Gasteiger charge is 2.25. The summed E-state index contributed by atoms with van der Waals surface area (Å²) in [6.45, 7) is 2.56. The van der Waals surface area contributed by atoms with E-state index in [0.29, 0.717) is 47.7 Å². The Kier molecular flexibility index (Phi) is 5.14. The molecule has 1 aliphatic heterocycles. The fraction of sp³-hybridized carbons (Fsp3) is 0.231. The topological polar surface area (TPSA) is 90.9 Å². The lowest BCUT2D eigenvalue weighted by Crippen LogP contribution is -2.35. The number of fused-ring (bicyclic) bond motifs is 2. The standard InChI is InChI=1S/C26H23N5O3S/c1-16-24-20(13-23(33)29(16)15-18-11-12-22(32)27-18)30(14-17-7-3-2-4-8-17)31(25(24)34)26-28-19-9-5-6-10-21(19)35-26/h2-10,13,18H,11-12,14-15H2,1H3,(H,27,32). The molecule has 0 radical (unpaired) electrons. The van der Waals surface area contributed by atoms with Gasteiger partial charge in [0.05, 0.1) is 27.7 Å². The smallest absolute Gasteiger partial charge is 0.283 e. The molecule has 1 saturated heterocycles. The molecule has 2 aromatic carbocycles. The average Bonchev–Trinajstić information content (AvgIpc) is 3.53. The molecular formula is C26H23N5O3S. The van der Waals surface area contributed by atoms with Crippen LogP contribution in [0.4, 0.5) is 0 Å². The molecule has 1 aliphatic rings. The Morgan fingerprint density at radius 1 is 1.06 bits per heavy atom. The quantitative estimate of drug-likeness (QED) is 0.414. The molecule has 1 N–H and O–H groups in total. The molecule has 6 rings (SSSR count). The highest BCUT2D eigenvalue weighted by Crippen LogP contribution is 2.26. The fourth-order valence-corrected chi connectivity index (χ4v) is 5.83. The van der Waals surface area contributed by atoms with Gasteiger partial charge >= 0.3 is 0 Å². The monoisotopic (exact) mass is 485 g/mol. The number of benzene rings is 2. The van der Waals surface area contributed by atoms with Gasteiger partial charge in [-0.1, -0.05) is 53.8 Å².